The Bertz CT molecular complexity index is 1350. The maximum Gasteiger partial charge on any atom is 0.335 e. The van der Waals surface area contributed by atoms with Crippen LogP contribution in [0.15, 0.2) is 66.2 Å². The topological polar surface area (TPSA) is 75.7 Å². The second-order valence-corrected chi connectivity index (χ2v) is 8.14. The van der Waals surface area contributed by atoms with Crippen molar-refractivity contribution < 1.29 is 23.5 Å². The zero-order chi connectivity index (χ0) is 24.4. The summed E-state index contributed by atoms with van der Waals surface area (Å²) in [5.74, 6) is -1.50. The Morgan fingerprint density at radius 2 is 1.82 bits per heavy atom. The minimum Gasteiger partial charge on any atom is -0.496 e. The molecule has 1 fully saturated rings. The minimum atomic E-state index is -0.817. The Kier molecular flexibility index (Phi) is 6.47. The van der Waals surface area contributed by atoms with Crippen LogP contribution in [0.5, 0.6) is 5.75 Å². The van der Waals surface area contributed by atoms with Gasteiger partial charge in [0.1, 0.15) is 17.1 Å². The summed E-state index contributed by atoms with van der Waals surface area (Å²) >= 11 is 6.51. The normalized spacial score (nSPS) is 15.0. The first-order chi connectivity index (χ1) is 16.3. The number of carbonyl (C=O) groups is 3. The van der Waals surface area contributed by atoms with Crippen LogP contribution in [0, 0.1) is 12.7 Å². The molecule has 4 amide bonds. The number of carbonyl (C=O) groups excluding carboxylic acids is 3. The number of hydrogen-bond acceptors (Lipinski definition) is 4. The average Bonchev–Trinajstić information content (AvgIpc) is 2.79. The smallest absolute Gasteiger partial charge is 0.335 e. The Morgan fingerprint density at radius 3 is 2.53 bits per heavy atom. The standard InChI is InChI=1S/C26H20ClFN2O4/c1-15-6-3-4-9-22(15)30-25(32)20(24(31)29-26(30)33)12-17-13-21(27)19(23(14-17)34-2)11-16-7-5-8-18(28)10-16/h3-10,12-14H,11H2,1-2H3,(H,29,31,33)/b20-12+. The Morgan fingerprint density at radius 1 is 1.06 bits per heavy atom. The van der Waals surface area contributed by atoms with Crippen LogP contribution < -0.4 is 15.0 Å². The monoisotopic (exact) mass is 478 g/mol. The number of para-hydroxylation sites is 1. The van der Waals surface area contributed by atoms with Crippen LogP contribution in [0.3, 0.4) is 0 Å². The van der Waals surface area contributed by atoms with Gasteiger partial charge in [0.15, 0.2) is 0 Å². The highest BCUT2D eigenvalue weighted by Gasteiger charge is 2.37. The molecule has 6 nitrogen and oxygen atoms in total. The van der Waals surface area contributed by atoms with Crippen molar-refractivity contribution in [2.24, 2.45) is 0 Å². The zero-order valence-corrected chi connectivity index (χ0v) is 19.2. The van der Waals surface area contributed by atoms with Gasteiger partial charge in [-0.15, -0.1) is 0 Å². The van der Waals surface area contributed by atoms with E-state index in [2.05, 4.69) is 5.32 Å². The molecular weight excluding hydrogens is 459 g/mol. The lowest BCUT2D eigenvalue weighted by molar-refractivity contribution is -0.122. The van der Waals surface area contributed by atoms with Crippen molar-refractivity contribution in [3.63, 3.8) is 0 Å². The number of halogens is 2. The van der Waals surface area contributed by atoms with Crippen LogP contribution in [0.2, 0.25) is 5.02 Å². The molecule has 0 aliphatic carbocycles. The number of aryl methyl sites for hydroxylation is 1. The molecule has 3 aromatic carbocycles. The SMILES string of the molecule is COc1cc(/C=C2\C(=O)NC(=O)N(c3ccccc3C)C2=O)cc(Cl)c1Cc1cccc(F)c1. The molecule has 8 heteroatoms. The molecule has 0 radical (unpaired) electrons. The number of amides is 4. The van der Waals surface area contributed by atoms with Crippen LogP contribution in [-0.2, 0) is 16.0 Å². The number of barbiturate groups is 1. The van der Waals surface area contributed by atoms with Gasteiger partial charge in [0.2, 0.25) is 0 Å². The predicted molar refractivity (Wildman–Crippen MR) is 127 cm³/mol. The molecule has 34 heavy (non-hydrogen) atoms. The quantitative estimate of drug-likeness (QED) is 0.411. The highest BCUT2D eigenvalue weighted by Crippen LogP contribution is 2.32. The van der Waals surface area contributed by atoms with Crippen molar-refractivity contribution in [1.29, 1.82) is 0 Å². The van der Waals surface area contributed by atoms with Gasteiger partial charge in [0.05, 0.1) is 12.8 Å². The average molecular weight is 479 g/mol. The summed E-state index contributed by atoms with van der Waals surface area (Å²) in [5, 5.41) is 2.53. The molecule has 0 aromatic heterocycles. The van der Waals surface area contributed by atoms with E-state index in [4.69, 9.17) is 16.3 Å². The molecule has 0 bridgehead atoms. The molecule has 0 unspecified atom stereocenters. The number of rotatable bonds is 5. The molecule has 1 N–H and O–H groups in total. The number of benzene rings is 3. The summed E-state index contributed by atoms with van der Waals surface area (Å²) in [6.45, 7) is 1.76. The minimum absolute atomic E-state index is 0.223. The number of hydrogen-bond donors (Lipinski definition) is 1. The van der Waals surface area contributed by atoms with Gasteiger partial charge in [-0.3, -0.25) is 14.9 Å². The lowest BCUT2D eigenvalue weighted by atomic mass is 10.00. The first kappa shape index (κ1) is 23.2. The highest BCUT2D eigenvalue weighted by atomic mass is 35.5. The second-order valence-electron chi connectivity index (χ2n) is 7.73. The zero-order valence-electron chi connectivity index (χ0n) is 18.4. The largest absolute Gasteiger partial charge is 0.496 e. The fourth-order valence-electron chi connectivity index (χ4n) is 3.78. The summed E-state index contributed by atoms with van der Waals surface area (Å²) in [5.41, 5.74) is 2.63. The summed E-state index contributed by atoms with van der Waals surface area (Å²) < 4.78 is 19.1. The lowest BCUT2D eigenvalue weighted by Gasteiger charge is -2.27. The van der Waals surface area contributed by atoms with Gasteiger partial charge in [-0.1, -0.05) is 41.9 Å². The lowest BCUT2D eigenvalue weighted by Crippen LogP contribution is -2.54. The van der Waals surface area contributed by atoms with Gasteiger partial charge in [-0.25, -0.2) is 14.1 Å². The fraction of sp³-hybridized carbons (Fsp3) is 0.115. The first-order valence-electron chi connectivity index (χ1n) is 10.4. The van der Waals surface area contributed by atoms with E-state index >= 15 is 0 Å². The molecule has 172 valence electrons. The predicted octanol–water partition coefficient (Wildman–Crippen LogP) is 5.05. The van der Waals surface area contributed by atoms with Crippen molar-refractivity contribution >= 4 is 41.2 Å². The number of nitrogens with one attached hydrogen (secondary N) is 1. The van der Waals surface area contributed by atoms with E-state index in [9.17, 15) is 18.8 Å². The van der Waals surface area contributed by atoms with Crippen molar-refractivity contribution in [1.82, 2.24) is 5.32 Å². The second kappa shape index (κ2) is 9.49. The van der Waals surface area contributed by atoms with Gasteiger partial charge in [-0.2, -0.15) is 0 Å². The molecule has 1 aliphatic rings. The van der Waals surface area contributed by atoms with E-state index in [1.165, 1.54) is 25.3 Å². The third kappa shape index (κ3) is 4.56. The molecular formula is C26H20ClFN2O4. The number of urea groups is 1. The molecule has 1 heterocycles. The van der Waals surface area contributed by atoms with E-state index in [-0.39, 0.29) is 11.4 Å². The summed E-state index contributed by atoms with van der Waals surface area (Å²) in [4.78, 5) is 39.0. The molecule has 0 spiro atoms. The maximum atomic E-state index is 13.6. The van der Waals surface area contributed by atoms with E-state index < -0.39 is 17.8 Å². The van der Waals surface area contributed by atoms with Crippen molar-refractivity contribution in [3.05, 3.63) is 99.3 Å². The fourth-order valence-corrected chi connectivity index (χ4v) is 4.06. The maximum absolute atomic E-state index is 13.6. The molecule has 4 rings (SSSR count). The van der Waals surface area contributed by atoms with Crippen molar-refractivity contribution in [2.45, 2.75) is 13.3 Å². The van der Waals surface area contributed by atoms with Gasteiger partial charge < -0.3 is 4.74 Å². The molecule has 0 saturated carbocycles. The van der Waals surface area contributed by atoms with Crippen molar-refractivity contribution in [3.8, 4) is 5.75 Å². The number of methoxy groups -OCH3 is 1. The number of nitrogens with zero attached hydrogens (tertiary/aromatic N) is 1. The molecule has 1 aliphatic heterocycles. The summed E-state index contributed by atoms with van der Waals surface area (Å²) in [6.07, 6.45) is 1.68. The third-order valence-corrected chi connectivity index (χ3v) is 5.77. The molecule has 3 aromatic rings. The third-order valence-electron chi connectivity index (χ3n) is 5.44. The Balaban J connectivity index is 1.72. The van der Waals surface area contributed by atoms with E-state index in [0.29, 0.717) is 45.1 Å². The van der Waals surface area contributed by atoms with Gasteiger partial charge in [0, 0.05) is 17.0 Å². The van der Waals surface area contributed by atoms with Crippen LogP contribution in [0.25, 0.3) is 6.08 Å². The van der Waals surface area contributed by atoms with E-state index in [1.54, 1.807) is 55.5 Å². The van der Waals surface area contributed by atoms with Gasteiger partial charge in [0.25, 0.3) is 11.8 Å². The molecule has 1 saturated heterocycles. The van der Waals surface area contributed by atoms with Crippen LogP contribution in [-0.4, -0.2) is 25.0 Å². The Hall–Kier alpha value is -3.97. The number of imide groups is 2. The van der Waals surface area contributed by atoms with E-state index in [1.807, 2.05) is 0 Å². The summed E-state index contributed by atoms with van der Waals surface area (Å²) in [6, 6.07) is 15.4. The Labute approximate surface area is 200 Å². The van der Waals surface area contributed by atoms with Crippen LogP contribution >= 0.6 is 11.6 Å². The van der Waals surface area contributed by atoms with Gasteiger partial charge in [-0.05, 0) is 60.0 Å². The van der Waals surface area contributed by atoms with Gasteiger partial charge >= 0.3 is 6.03 Å². The van der Waals surface area contributed by atoms with Crippen molar-refractivity contribution in [2.75, 3.05) is 12.0 Å². The number of ether oxygens (including phenoxy) is 1. The first-order valence-corrected chi connectivity index (χ1v) is 10.7. The van der Waals surface area contributed by atoms with Crippen LogP contribution in [0.1, 0.15) is 22.3 Å². The molecule has 0 atom stereocenters. The van der Waals surface area contributed by atoms with E-state index in [0.717, 1.165) is 4.90 Å². The highest BCUT2D eigenvalue weighted by molar-refractivity contribution is 6.39. The van der Waals surface area contributed by atoms with Crippen LogP contribution in [0.4, 0.5) is 14.9 Å². The summed E-state index contributed by atoms with van der Waals surface area (Å²) in [7, 11) is 1.47. The number of anilines is 1.